The second-order valence-electron chi connectivity index (χ2n) is 4.23. The standard InChI is InChI=1S/C13H17F3N2O3.ClH/c1-20-8-11(17)12(19)18-5-6-21-10-4-2-3-9(7-10)13(14,15)16;/h2-4,7,11H,5-6,8,17H2,1H3,(H,18,19);1H. The second-order valence-corrected chi connectivity index (χ2v) is 4.23. The first-order valence-corrected chi connectivity index (χ1v) is 6.17. The van der Waals surface area contributed by atoms with Crippen LogP contribution in [0.5, 0.6) is 5.75 Å². The normalized spacial score (nSPS) is 12.2. The van der Waals surface area contributed by atoms with Gasteiger partial charge in [0.05, 0.1) is 18.7 Å². The molecule has 1 amide bonds. The number of amides is 1. The van der Waals surface area contributed by atoms with Gasteiger partial charge in [0.1, 0.15) is 18.4 Å². The van der Waals surface area contributed by atoms with Crippen LogP contribution in [0, 0.1) is 0 Å². The summed E-state index contributed by atoms with van der Waals surface area (Å²) in [5.74, 6) is -0.329. The SMILES string of the molecule is COCC(N)C(=O)NCCOc1cccc(C(F)(F)F)c1.Cl. The van der Waals surface area contributed by atoms with Crippen molar-refractivity contribution in [1.82, 2.24) is 5.32 Å². The number of halogens is 4. The van der Waals surface area contributed by atoms with Crippen LogP contribution in [0.4, 0.5) is 13.2 Å². The number of nitrogens with two attached hydrogens (primary N) is 1. The predicted octanol–water partition coefficient (Wildman–Crippen LogP) is 1.60. The zero-order valence-corrected chi connectivity index (χ0v) is 12.7. The first kappa shape index (κ1) is 20.5. The molecular formula is C13H18ClF3N2O3. The van der Waals surface area contributed by atoms with E-state index in [0.717, 1.165) is 12.1 Å². The zero-order chi connectivity index (χ0) is 15.9. The zero-order valence-electron chi connectivity index (χ0n) is 11.9. The van der Waals surface area contributed by atoms with Gasteiger partial charge >= 0.3 is 6.18 Å². The summed E-state index contributed by atoms with van der Waals surface area (Å²) in [5, 5.41) is 2.49. The second kappa shape index (κ2) is 9.50. The molecular weight excluding hydrogens is 325 g/mol. The third-order valence-corrected chi connectivity index (χ3v) is 2.51. The molecule has 3 N–H and O–H groups in total. The van der Waals surface area contributed by atoms with Crippen molar-refractivity contribution >= 4 is 18.3 Å². The number of hydrogen-bond acceptors (Lipinski definition) is 4. The molecule has 22 heavy (non-hydrogen) atoms. The molecule has 0 bridgehead atoms. The van der Waals surface area contributed by atoms with E-state index < -0.39 is 23.7 Å². The van der Waals surface area contributed by atoms with E-state index in [2.05, 4.69) is 5.32 Å². The third-order valence-electron chi connectivity index (χ3n) is 2.51. The van der Waals surface area contributed by atoms with Gasteiger partial charge in [0.25, 0.3) is 0 Å². The van der Waals surface area contributed by atoms with Crippen molar-refractivity contribution in [2.24, 2.45) is 5.73 Å². The molecule has 0 radical (unpaired) electrons. The van der Waals surface area contributed by atoms with E-state index >= 15 is 0 Å². The topological polar surface area (TPSA) is 73.6 Å². The Bertz CT molecular complexity index is 472. The molecule has 0 aliphatic heterocycles. The predicted molar refractivity (Wildman–Crippen MR) is 77.0 cm³/mol. The van der Waals surface area contributed by atoms with E-state index in [9.17, 15) is 18.0 Å². The highest BCUT2D eigenvalue weighted by molar-refractivity contribution is 5.85. The first-order valence-electron chi connectivity index (χ1n) is 6.17. The summed E-state index contributed by atoms with van der Waals surface area (Å²) in [7, 11) is 1.42. The molecule has 1 unspecified atom stereocenters. The van der Waals surface area contributed by atoms with Gasteiger partial charge in [-0.2, -0.15) is 13.2 Å². The van der Waals surface area contributed by atoms with Crippen molar-refractivity contribution in [3.05, 3.63) is 29.8 Å². The molecule has 1 rings (SSSR count). The van der Waals surface area contributed by atoms with Gasteiger partial charge in [0.2, 0.25) is 5.91 Å². The van der Waals surface area contributed by atoms with E-state index in [1.165, 1.54) is 19.2 Å². The minimum atomic E-state index is -4.42. The fourth-order valence-electron chi connectivity index (χ4n) is 1.49. The molecule has 0 fully saturated rings. The van der Waals surface area contributed by atoms with Crippen LogP contribution in [0.25, 0.3) is 0 Å². The quantitative estimate of drug-likeness (QED) is 0.738. The smallest absolute Gasteiger partial charge is 0.416 e. The van der Waals surface area contributed by atoms with Crippen LogP contribution in [0.3, 0.4) is 0 Å². The number of rotatable bonds is 7. The molecule has 0 aliphatic carbocycles. The highest BCUT2D eigenvalue weighted by Crippen LogP contribution is 2.31. The van der Waals surface area contributed by atoms with Gasteiger partial charge in [-0.25, -0.2) is 0 Å². The van der Waals surface area contributed by atoms with E-state index in [4.69, 9.17) is 15.2 Å². The summed E-state index contributed by atoms with van der Waals surface area (Å²) >= 11 is 0. The fraction of sp³-hybridized carbons (Fsp3) is 0.462. The van der Waals surface area contributed by atoms with Gasteiger partial charge < -0.3 is 20.5 Å². The van der Waals surface area contributed by atoms with Crippen LogP contribution in [0.2, 0.25) is 0 Å². The minimum Gasteiger partial charge on any atom is -0.492 e. The Labute approximate surface area is 132 Å². The first-order chi connectivity index (χ1) is 9.84. The third kappa shape index (κ3) is 6.97. The molecule has 0 spiro atoms. The highest BCUT2D eigenvalue weighted by Gasteiger charge is 2.30. The van der Waals surface area contributed by atoms with Crippen LogP contribution >= 0.6 is 12.4 Å². The van der Waals surface area contributed by atoms with Crippen LogP contribution in [-0.2, 0) is 15.7 Å². The molecule has 1 atom stereocenters. The Hall–Kier alpha value is -1.51. The van der Waals surface area contributed by atoms with Crippen LogP contribution in [0.1, 0.15) is 5.56 Å². The molecule has 9 heteroatoms. The summed E-state index contributed by atoms with van der Waals surface area (Å²) in [5.41, 5.74) is 4.70. The number of nitrogens with one attached hydrogen (secondary N) is 1. The largest absolute Gasteiger partial charge is 0.492 e. The summed E-state index contributed by atoms with van der Waals surface area (Å²) < 4.78 is 47.3. The maximum Gasteiger partial charge on any atom is 0.416 e. The van der Waals surface area contributed by atoms with Crippen molar-refractivity contribution in [1.29, 1.82) is 0 Å². The van der Waals surface area contributed by atoms with Crippen LogP contribution < -0.4 is 15.8 Å². The van der Waals surface area contributed by atoms with Gasteiger partial charge in [-0.1, -0.05) is 6.07 Å². The Morgan fingerprint density at radius 1 is 1.41 bits per heavy atom. The Morgan fingerprint density at radius 3 is 2.68 bits per heavy atom. The lowest BCUT2D eigenvalue weighted by atomic mass is 10.2. The maximum atomic E-state index is 12.5. The molecule has 1 aromatic carbocycles. The molecule has 5 nitrogen and oxygen atoms in total. The average Bonchev–Trinajstić information content (AvgIpc) is 2.43. The van der Waals surface area contributed by atoms with Crippen LogP contribution in [0.15, 0.2) is 24.3 Å². The van der Waals surface area contributed by atoms with Gasteiger partial charge in [-0.05, 0) is 18.2 Å². The molecule has 1 aromatic rings. The van der Waals surface area contributed by atoms with E-state index in [1.54, 1.807) is 0 Å². The number of methoxy groups -OCH3 is 1. The number of alkyl halides is 3. The van der Waals surface area contributed by atoms with Gasteiger partial charge in [0, 0.05) is 7.11 Å². The highest BCUT2D eigenvalue weighted by atomic mass is 35.5. The van der Waals surface area contributed by atoms with Crippen molar-refractivity contribution in [2.45, 2.75) is 12.2 Å². The van der Waals surface area contributed by atoms with Crippen LogP contribution in [-0.4, -0.2) is 38.8 Å². The lowest BCUT2D eigenvalue weighted by Gasteiger charge is -2.12. The lowest BCUT2D eigenvalue weighted by molar-refractivity contribution is -0.137. The number of hydrogen-bond donors (Lipinski definition) is 2. The molecule has 0 saturated heterocycles. The number of benzene rings is 1. The van der Waals surface area contributed by atoms with Crippen molar-refractivity contribution in [2.75, 3.05) is 26.9 Å². The average molecular weight is 343 g/mol. The maximum absolute atomic E-state index is 12.5. The number of carbonyl (C=O) groups is 1. The van der Waals surface area contributed by atoms with Crippen molar-refractivity contribution < 1.29 is 27.4 Å². The lowest BCUT2D eigenvalue weighted by Crippen LogP contribution is -2.44. The van der Waals surface area contributed by atoms with Crippen molar-refractivity contribution in [3.63, 3.8) is 0 Å². The Kier molecular flexibility index (Phi) is 8.84. The van der Waals surface area contributed by atoms with Gasteiger partial charge in [-0.3, -0.25) is 4.79 Å². The summed E-state index contributed by atoms with van der Waals surface area (Å²) in [6.45, 7) is 0.250. The molecule has 0 aromatic heterocycles. The van der Waals surface area contributed by atoms with E-state index in [1.807, 2.05) is 0 Å². The Morgan fingerprint density at radius 2 is 2.09 bits per heavy atom. The number of carbonyl (C=O) groups excluding carboxylic acids is 1. The van der Waals surface area contributed by atoms with Crippen molar-refractivity contribution in [3.8, 4) is 5.75 Å². The van der Waals surface area contributed by atoms with E-state index in [0.29, 0.717) is 0 Å². The Balaban J connectivity index is 0.00000441. The monoisotopic (exact) mass is 342 g/mol. The summed E-state index contributed by atoms with van der Waals surface area (Å²) in [6, 6.07) is 3.74. The van der Waals surface area contributed by atoms with Gasteiger partial charge in [0.15, 0.2) is 0 Å². The summed E-state index contributed by atoms with van der Waals surface area (Å²) in [6.07, 6.45) is -4.42. The number of ether oxygens (including phenoxy) is 2. The van der Waals surface area contributed by atoms with Gasteiger partial charge in [-0.15, -0.1) is 12.4 Å². The molecule has 0 aliphatic rings. The fourth-order valence-corrected chi connectivity index (χ4v) is 1.49. The molecule has 0 heterocycles. The molecule has 0 saturated carbocycles. The summed E-state index contributed by atoms with van der Waals surface area (Å²) in [4.78, 5) is 11.4. The molecule has 126 valence electrons. The van der Waals surface area contributed by atoms with E-state index in [-0.39, 0.29) is 37.9 Å². The minimum absolute atomic E-state index is 0.